The molecule has 1 amide bonds. The number of nitrogens with one attached hydrogen (secondary N) is 1. The highest BCUT2D eigenvalue weighted by atomic mass is 79.9. The van der Waals surface area contributed by atoms with Crippen LogP contribution in [0, 0.1) is 6.92 Å². The summed E-state index contributed by atoms with van der Waals surface area (Å²) >= 11 is 3.45. The van der Waals surface area contributed by atoms with Crippen LogP contribution in [0.5, 0.6) is 0 Å². The summed E-state index contributed by atoms with van der Waals surface area (Å²) < 4.78 is 6.12. The van der Waals surface area contributed by atoms with Crippen molar-refractivity contribution in [2.75, 3.05) is 5.32 Å². The molecule has 0 radical (unpaired) electrons. The summed E-state index contributed by atoms with van der Waals surface area (Å²) in [6.07, 6.45) is 2.30. The van der Waals surface area contributed by atoms with Gasteiger partial charge in [-0.2, -0.15) is 4.98 Å². The number of aryl methyl sites for hydroxylation is 2. The molecule has 122 valence electrons. The molecule has 0 bridgehead atoms. The molecule has 0 saturated carbocycles. The second kappa shape index (κ2) is 7.35. The molecule has 2 heterocycles. The van der Waals surface area contributed by atoms with E-state index < -0.39 is 0 Å². The summed E-state index contributed by atoms with van der Waals surface area (Å²) in [6, 6.07) is 11.2. The Balaban J connectivity index is 1.56. The number of benzene rings is 1. The molecule has 0 fully saturated rings. The van der Waals surface area contributed by atoms with Crippen LogP contribution in [0.2, 0.25) is 0 Å². The molecular formula is C17H15BrN4O2. The lowest BCUT2D eigenvalue weighted by Gasteiger charge is -2.06. The number of amides is 1. The van der Waals surface area contributed by atoms with Crippen molar-refractivity contribution in [2.45, 2.75) is 19.8 Å². The highest BCUT2D eigenvalue weighted by molar-refractivity contribution is 9.10. The van der Waals surface area contributed by atoms with Crippen molar-refractivity contribution in [2.24, 2.45) is 0 Å². The molecule has 0 aliphatic carbocycles. The molecule has 6 nitrogen and oxygen atoms in total. The number of hydrogen-bond donors (Lipinski definition) is 1. The minimum atomic E-state index is -0.108. The van der Waals surface area contributed by atoms with Gasteiger partial charge in [-0.1, -0.05) is 33.2 Å². The van der Waals surface area contributed by atoms with E-state index in [1.165, 1.54) is 0 Å². The van der Waals surface area contributed by atoms with E-state index in [4.69, 9.17) is 4.52 Å². The smallest absolute Gasteiger partial charge is 0.227 e. The monoisotopic (exact) mass is 386 g/mol. The standard InChI is InChI=1S/C17H15BrN4O2/c1-11-5-6-12(10-13(11)18)20-15(23)7-8-16-21-17(22-24-16)14-4-2-3-9-19-14/h2-6,9-10H,7-8H2,1H3,(H,20,23). The van der Waals surface area contributed by atoms with Gasteiger partial charge in [0.15, 0.2) is 0 Å². The van der Waals surface area contributed by atoms with E-state index in [0.717, 1.165) is 15.7 Å². The Morgan fingerprint density at radius 1 is 1.29 bits per heavy atom. The molecule has 3 aromatic rings. The molecule has 7 heteroatoms. The van der Waals surface area contributed by atoms with Gasteiger partial charge in [-0.25, -0.2) is 0 Å². The first-order valence-corrected chi connectivity index (χ1v) is 8.21. The highest BCUT2D eigenvalue weighted by Gasteiger charge is 2.11. The van der Waals surface area contributed by atoms with Crippen LogP contribution in [0.3, 0.4) is 0 Å². The fourth-order valence-electron chi connectivity index (χ4n) is 2.07. The fourth-order valence-corrected chi connectivity index (χ4v) is 2.45. The zero-order valence-corrected chi connectivity index (χ0v) is 14.6. The first-order chi connectivity index (χ1) is 11.6. The Morgan fingerprint density at radius 3 is 2.92 bits per heavy atom. The van der Waals surface area contributed by atoms with E-state index in [1.807, 2.05) is 37.3 Å². The van der Waals surface area contributed by atoms with Gasteiger partial charge in [0.2, 0.25) is 17.6 Å². The zero-order valence-electron chi connectivity index (χ0n) is 13.0. The second-order valence-electron chi connectivity index (χ2n) is 5.24. The van der Waals surface area contributed by atoms with Crippen LogP contribution in [-0.2, 0) is 11.2 Å². The SMILES string of the molecule is Cc1ccc(NC(=O)CCc2nc(-c3ccccn3)no2)cc1Br. The number of halogens is 1. The van der Waals surface area contributed by atoms with Gasteiger partial charge in [-0.3, -0.25) is 9.78 Å². The summed E-state index contributed by atoms with van der Waals surface area (Å²) in [6.45, 7) is 1.99. The maximum atomic E-state index is 12.0. The largest absolute Gasteiger partial charge is 0.339 e. The van der Waals surface area contributed by atoms with E-state index in [2.05, 4.69) is 36.4 Å². The quantitative estimate of drug-likeness (QED) is 0.721. The molecular weight excluding hydrogens is 372 g/mol. The summed E-state index contributed by atoms with van der Waals surface area (Å²) in [7, 11) is 0. The van der Waals surface area contributed by atoms with Crippen molar-refractivity contribution in [1.29, 1.82) is 0 Å². The second-order valence-corrected chi connectivity index (χ2v) is 6.09. The van der Waals surface area contributed by atoms with Crippen LogP contribution in [0.15, 0.2) is 51.6 Å². The fraction of sp³-hybridized carbons (Fsp3) is 0.176. The van der Waals surface area contributed by atoms with Gasteiger partial charge < -0.3 is 9.84 Å². The molecule has 24 heavy (non-hydrogen) atoms. The highest BCUT2D eigenvalue weighted by Crippen LogP contribution is 2.21. The maximum Gasteiger partial charge on any atom is 0.227 e. The van der Waals surface area contributed by atoms with Crippen LogP contribution in [0.4, 0.5) is 5.69 Å². The van der Waals surface area contributed by atoms with Crippen molar-refractivity contribution in [3.8, 4) is 11.5 Å². The molecule has 3 rings (SSSR count). The molecule has 1 N–H and O–H groups in total. The van der Waals surface area contributed by atoms with Gasteiger partial charge in [-0.15, -0.1) is 0 Å². The predicted molar refractivity (Wildman–Crippen MR) is 93.4 cm³/mol. The molecule has 0 saturated heterocycles. The van der Waals surface area contributed by atoms with Crippen LogP contribution in [0.25, 0.3) is 11.5 Å². The summed E-state index contributed by atoms with van der Waals surface area (Å²) in [4.78, 5) is 20.4. The van der Waals surface area contributed by atoms with Crippen molar-refractivity contribution in [1.82, 2.24) is 15.1 Å². The van der Waals surface area contributed by atoms with E-state index >= 15 is 0 Å². The Kier molecular flexibility index (Phi) is 5.00. The van der Waals surface area contributed by atoms with Gasteiger partial charge in [0, 0.05) is 29.2 Å². The van der Waals surface area contributed by atoms with E-state index in [0.29, 0.717) is 23.8 Å². The predicted octanol–water partition coefficient (Wildman–Crippen LogP) is 3.77. The Bertz CT molecular complexity index is 849. The van der Waals surface area contributed by atoms with Crippen molar-refractivity contribution in [3.05, 3.63) is 58.5 Å². The first kappa shape index (κ1) is 16.3. The van der Waals surface area contributed by atoms with Crippen LogP contribution in [0.1, 0.15) is 17.9 Å². The first-order valence-electron chi connectivity index (χ1n) is 7.42. The molecule has 2 aromatic heterocycles. The van der Waals surface area contributed by atoms with Crippen molar-refractivity contribution >= 4 is 27.5 Å². The maximum absolute atomic E-state index is 12.0. The number of aromatic nitrogens is 3. The Hall–Kier alpha value is -2.54. The number of hydrogen-bond acceptors (Lipinski definition) is 5. The minimum Gasteiger partial charge on any atom is -0.339 e. The number of carbonyl (C=O) groups is 1. The number of anilines is 1. The summed E-state index contributed by atoms with van der Waals surface area (Å²) in [5, 5.41) is 6.73. The molecule has 0 aliphatic rings. The van der Waals surface area contributed by atoms with Gasteiger partial charge in [0.25, 0.3) is 0 Å². The average Bonchev–Trinajstić information content (AvgIpc) is 3.06. The van der Waals surface area contributed by atoms with Gasteiger partial charge >= 0.3 is 0 Å². The van der Waals surface area contributed by atoms with E-state index in [-0.39, 0.29) is 12.3 Å². The molecule has 0 atom stereocenters. The number of pyridine rings is 1. The Morgan fingerprint density at radius 2 is 2.17 bits per heavy atom. The van der Waals surface area contributed by atoms with Gasteiger partial charge in [-0.05, 0) is 36.8 Å². The lowest BCUT2D eigenvalue weighted by molar-refractivity contribution is -0.116. The third-order valence-corrected chi connectivity index (χ3v) is 4.24. The van der Waals surface area contributed by atoms with Crippen molar-refractivity contribution in [3.63, 3.8) is 0 Å². The Labute approximate surface area is 147 Å². The number of nitrogens with zero attached hydrogens (tertiary/aromatic N) is 3. The minimum absolute atomic E-state index is 0.108. The van der Waals surface area contributed by atoms with Crippen LogP contribution in [-0.4, -0.2) is 21.0 Å². The van der Waals surface area contributed by atoms with Crippen molar-refractivity contribution < 1.29 is 9.32 Å². The number of rotatable bonds is 5. The van der Waals surface area contributed by atoms with E-state index in [1.54, 1.807) is 12.3 Å². The third-order valence-electron chi connectivity index (χ3n) is 3.38. The molecule has 1 aromatic carbocycles. The summed E-state index contributed by atoms with van der Waals surface area (Å²) in [5.41, 5.74) is 2.50. The molecule has 0 spiro atoms. The molecule has 0 unspecified atom stereocenters. The number of carbonyl (C=O) groups excluding carboxylic acids is 1. The normalized spacial score (nSPS) is 10.6. The van der Waals surface area contributed by atoms with Gasteiger partial charge in [0.1, 0.15) is 5.69 Å². The topological polar surface area (TPSA) is 80.9 Å². The summed E-state index contributed by atoms with van der Waals surface area (Å²) in [5.74, 6) is 0.729. The average molecular weight is 387 g/mol. The van der Waals surface area contributed by atoms with Crippen LogP contribution < -0.4 is 5.32 Å². The molecule has 0 aliphatic heterocycles. The zero-order chi connectivity index (χ0) is 16.9. The lowest BCUT2D eigenvalue weighted by atomic mass is 10.2. The van der Waals surface area contributed by atoms with Crippen LogP contribution >= 0.6 is 15.9 Å². The third kappa shape index (κ3) is 4.05. The van der Waals surface area contributed by atoms with Gasteiger partial charge in [0.05, 0.1) is 0 Å². The van der Waals surface area contributed by atoms with E-state index in [9.17, 15) is 4.79 Å². The lowest BCUT2D eigenvalue weighted by Crippen LogP contribution is -2.12.